The number of anilines is 1. The van der Waals surface area contributed by atoms with Crippen molar-refractivity contribution >= 4 is 34.1 Å². The van der Waals surface area contributed by atoms with Crippen LogP contribution in [0.15, 0.2) is 4.34 Å². The number of amides is 1. The second-order valence-corrected chi connectivity index (χ2v) is 9.39. The van der Waals surface area contributed by atoms with Gasteiger partial charge in [0.1, 0.15) is 5.54 Å². The first kappa shape index (κ1) is 19.0. The molecule has 1 amide bonds. The monoisotopic (exact) mass is 367 g/mol. The molecule has 0 atom stereocenters. The van der Waals surface area contributed by atoms with Crippen LogP contribution in [0, 0.1) is 11.3 Å². The van der Waals surface area contributed by atoms with E-state index in [4.69, 9.17) is 0 Å². The zero-order valence-corrected chi connectivity index (χ0v) is 16.1. The zero-order valence-electron chi connectivity index (χ0n) is 14.5. The molecule has 132 valence electrons. The molecule has 0 radical (unpaired) electrons. The van der Waals surface area contributed by atoms with E-state index < -0.39 is 5.54 Å². The van der Waals surface area contributed by atoms with Crippen molar-refractivity contribution in [3.63, 3.8) is 0 Å². The van der Waals surface area contributed by atoms with Gasteiger partial charge in [-0.05, 0) is 33.6 Å². The summed E-state index contributed by atoms with van der Waals surface area (Å²) in [6.45, 7) is 6.17. The van der Waals surface area contributed by atoms with Crippen LogP contribution in [0.2, 0.25) is 0 Å². The second kappa shape index (κ2) is 8.17. The van der Waals surface area contributed by atoms with Gasteiger partial charge in [0.15, 0.2) is 4.34 Å². The van der Waals surface area contributed by atoms with Crippen LogP contribution in [0.1, 0.15) is 59.3 Å². The number of carbonyl (C=O) groups excluding carboxylic acids is 1. The lowest BCUT2D eigenvalue weighted by Gasteiger charge is -2.26. The number of carbonyl (C=O) groups is 1. The highest BCUT2D eigenvalue weighted by Crippen LogP contribution is 2.29. The van der Waals surface area contributed by atoms with Gasteiger partial charge in [-0.3, -0.25) is 4.79 Å². The number of aromatic nitrogens is 2. The predicted octanol–water partition coefficient (Wildman–Crippen LogP) is 3.57. The lowest BCUT2D eigenvalue weighted by Crippen LogP contribution is -2.47. The van der Waals surface area contributed by atoms with Crippen LogP contribution in [0.3, 0.4) is 0 Å². The molecule has 1 aliphatic carbocycles. The summed E-state index contributed by atoms with van der Waals surface area (Å²) in [5.74, 6) is 0.150. The number of thioether (sulfide) groups is 1. The summed E-state index contributed by atoms with van der Waals surface area (Å²) in [5, 5.41) is 24.7. The van der Waals surface area contributed by atoms with Gasteiger partial charge < -0.3 is 10.6 Å². The summed E-state index contributed by atoms with van der Waals surface area (Å²) in [6.07, 6.45) is 5.78. The Morgan fingerprint density at radius 1 is 1.29 bits per heavy atom. The molecule has 0 saturated heterocycles. The molecule has 1 fully saturated rings. The van der Waals surface area contributed by atoms with Gasteiger partial charge in [-0.2, -0.15) is 5.26 Å². The molecule has 0 spiro atoms. The van der Waals surface area contributed by atoms with Gasteiger partial charge in [0.25, 0.3) is 0 Å². The Labute approximate surface area is 151 Å². The van der Waals surface area contributed by atoms with Crippen molar-refractivity contribution in [3.05, 3.63) is 0 Å². The number of hydrogen-bond acceptors (Lipinski definition) is 7. The van der Waals surface area contributed by atoms with E-state index in [-0.39, 0.29) is 17.2 Å². The second-order valence-electron chi connectivity index (χ2n) is 7.19. The molecule has 2 N–H and O–H groups in total. The molecule has 0 aliphatic heterocycles. The van der Waals surface area contributed by atoms with Crippen molar-refractivity contribution in [3.8, 4) is 6.07 Å². The number of hydrogen-bond donors (Lipinski definition) is 2. The molecule has 0 unspecified atom stereocenters. The molecule has 0 bridgehead atoms. The van der Waals surface area contributed by atoms with Gasteiger partial charge in [-0.15, -0.1) is 10.2 Å². The molecule has 1 aromatic rings. The summed E-state index contributed by atoms with van der Waals surface area (Å²) in [5.41, 5.74) is -0.758. The van der Waals surface area contributed by atoms with Crippen molar-refractivity contribution < 1.29 is 4.79 Å². The molecule has 1 aliphatic rings. The Bertz CT molecular complexity index is 594. The Morgan fingerprint density at radius 2 is 1.96 bits per heavy atom. The largest absolute Gasteiger partial charge is 0.355 e. The van der Waals surface area contributed by atoms with E-state index in [1.54, 1.807) is 0 Å². The van der Waals surface area contributed by atoms with E-state index >= 15 is 0 Å². The third-order valence-corrected chi connectivity index (χ3v) is 5.74. The van der Waals surface area contributed by atoms with Crippen molar-refractivity contribution in [1.82, 2.24) is 15.5 Å². The Balaban J connectivity index is 1.85. The molecule has 1 saturated carbocycles. The van der Waals surface area contributed by atoms with E-state index in [2.05, 4.69) is 47.7 Å². The third kappa shape index (κ3) is 5.95. The molecule has 2 rings (SSSR count). The smallest absolute Gasteiger partial charge is 0.231 e. The summed E-state index contributed by atoms with van der Waals surface area (Å²) >= 11 is 2.80. The van der Waals surface area contributed by atoms with E-state index in [0.717, 1.165) is 48.0 Å². The van der Waals surface area contributed by atoms with Gasteiger partial charge in [-0.1, -0.05) is 48.8 Å². The molecular weight excluding hydrogens is 342 g/mol. The van der Waals surface area contributed by atoms with Crippen LogP contribution in [-0.4, -0.2) is 32.9 Å². The summed E-state index contributed by atoms with van der Waals surface area (Å²) in [7, 11) is 0. The van der Waals surface area contributed by atoms with Crippen LogP contribution < -0.4 is 10.6 Å². The average molecular weight is 368 g/mol. The molecule has 1 heterocycles. The normalized spacial score (nSPS) is 17.6. The minimum absolute atomic E-state index is 0.0719. The highest BCUT2D eigenvalue weighted by molar-refractivity contribution is 8.01. The molecule has 1 aromatic heterocycles. The van der Waals surface area contributed by atoms with E-state index in [0.29, 0.717) is 0 Å². The van der Waals surface area contributed by atoms with Gasteiger partial charge in [0, 0.05) is 5.54 Å². The fourth-order valence-electron chi connectivity index (χ4n) is 2.67. The van der Waals surface area contributed by atoms with Crippen molar-refractivity contribution in [2.45, 2.75) is 74.7 Å². The minimum atomic E-state index is -0.686. The van der Waals surface area contributed by atoms with Gasteiger partial charge in [-0.25, -0.2) is 0 Å². The van der Waals surface area contributed by atoms with E-state index in [9.17, 15) is 10.1 Å². The fourth-order valence-corrected chi connectivity index (χ4v) is 4.43. The topological polar surface area (TPSA) is 90.7 Å². The minimum Gasteiger partial charge on any atom is -0.355 e. The molecular formula is C16H25N5OS2. The maximum absolute atomic E-state index is 12.3. The lowest BCUT2D eigenvalue weighted by atomic mass is 9.92. The number of nitriles is 1. The van der Waals surface area contributed by atoms with Gasteiger partial charge >= 0.3 is 0 Å². The zero-order chi connectivity index (χ0) is 17.6. The Hall–Kier alpha value is -1.33. The SMILES string of the molecule is CC(C)(C)Nc1nnc(SCC(=O)NC2(C#N)CCCCCC2)s1. The Kier molecular flexibility index (Phi) is 6.47. The van der Waals surface area contributed by atoms with Gasteiger partial charge in [0.05, 0.1) is 11.8 Å². The number of rotatable bonds is 5. The fraction of sp³-hybridized carbons (Fsp3) is 0.750. The summed E-state index contributed by atoms with van der Waals surface area (Å²) in [6, 6.07) is 2.34. The number of nitrogens with one attached hydrogen (secondary N) is 2. The third-order valence-electron chi connectivity index (χ3n) is 3.76. The maximum atomic E-state index is 12.3. The van der Waals surface area contributed by atoms with Crippen LogP contribution >= 0.6 is 23.1 Å². The lowest BCUT2D eigenvalue weighted by molar-refractivity contribution is -0.120. The van der Waals surface area contributed by atoms with Crippen molar-refractivity contribution in [2.24, 2.45) is 0 Å². The van der Waals surface area contributed by atoms with Crippen molar-refractivity contribution in [1.29, 1.82) is 5.26 Å². The number of nitrogens with zero attached hydrogens (tertiary/aromatic N) is 3. The Morgan fingerprint density at radius 3 is 2.54 bits per heavy atom. The average Bonchev–Trinajstić information content (AvgIpc) is 2.80. The highest BCUT2D eigenvalue weighted by atomic mass is 32.2. The predicted molar refractivity (Wildman–Crippen MR) is 98.2 cm³/mol. The highest BCUT2D eigenvalue weighted by Gasteiger charge is 2.32. The van der Waals surface area contributed by atoms with Gasteiger partial charge in [0.2, 0.25) is 11.0 Å². The maximum Gasteiger partial charge on any atom is 0.231 e. The first-order valence-corrected chi connectivity index (χ1v) is 10.1. The van der Waals surface area contributed by atoms with Crippen molar-refractivity contribution in [2.75, 3.05) is 11.1 Å². The molecule has 6 nitrogen and oxygen atoms in total. The summed E-state index contributed by atoms with van der Waals surface area (Å²) < 4.78 is 0.753. The van der Waals surface area contributed by atoms with Crippen LogP contribution in [0.5, 0.6) is 0 Å². The molecule has 0 aromatic carbocycles. The first-order valence-electron chi connectivity index (χ1n) is 8.29. The van der Waals surface area contributed by atoms with Crippen LogP contribution in [-0.2, 0) is 4.79 Å². The van der Waals surface area contributed by atoms with Crippen LogP contribution in [0.25, 0.3) is 0 Å². The van der Waals surface area contributed by atoms with Crippen LogP contribution in [0.4, 0.5) is 5.13 Å². The first-order chi connectivity index (χ1) is 11.3. The molecule has 24 heavy (non-hydrogen) atoms. The molecule has 8 heteroatoms. The summed E-state index contributed by atoms with van der Waals surface area (Å²) in [4.78, 5) is 12.3. The van der Waals surface area contributed by atoms with E-state index in [1.807, 2.05) is 0 Å². The quantitative estimate of drug-likeness (QED) is 0.611. The standard InChI is InChI=1S/C16H25N5OS2/c1-15(2,3)19-13-20-21-14(24-13)23-10-12(22)18-16(11-17)8-6-4-5-7-9-16/h4-10H2,1-3H3,(H,18,22)(H,19,20). The van der Waals surface area contributed by atoms with E-state index in [1.165, 1.54) is 23.1 Å².